The van der Waals surface area contributed by atoms with E-state index >= 15 is 0 Å². The summed E-state index contributed by atoms with van der Waals surface area (Å²) in [5, 5.41) is 15.2. The Bertz CT molecular complexity index is 1340. The minimum atomic E-state index is -3.84. The Morgan fingerprint density at radius 1 is 1.31 bits per heavy atom. The molecule has 1 fully saturated rings. The van der Waals surface area contributed by atoms with Crippen LogP contribution in [0.3, 0.4) is 0 Å². The van der Waals surface area contributed by atoms with E-state index in [0.29, 0.717) is 31.9 Å². The first kappa shape index (κ1) is 25.9. The van der Waals surface area contributed by atoms with Gasteiger partial charge in [0.25, 0.3) is 10.0 Å². The fourth-order valence-electron chi connectivity index (χ4n) is 3.76. The molecule has 11 nitrogen and oxygen atoms in total. The Hall–Kier alpha value is -2.23. The Morgan fingerprint density at radius 2 is 2.00 bits per heavy atom. The maximum absolute atomic E-state index is 13.1. The number of furan rings is 1. The number of rotatable bonds is 7. The van der Waals surface area contributed by atoms with E-state index in [4.69, 9.17) is 9.41 Å². The molecule has 1 aliphatic heterocycles. The molecule has 4 heterocycles. The first-order chi connectivity index (χ1) is 16.5. The van der Waals surface area contributed by atoms with Crippen molar-refractivity contribution in [2.24, 2.45) is 10.9 Å². The molecule has 2 atom stereocenters. The highest BCUT2D eigenvalue weighted by Crippen LogP contribution is 2.40. The smallest absolute Gasteiger partial charge is 0.256 e. The van der Waals surface area contributed by atoms with Gasteiger partial charge in [0.15, 0.2) is 21.1 Å². The SMILES string of the molecule is Cc1cc([C@H](N=c2[nH][s+]([O-])nc2Nc2csc(S(=O)(=O)N3CCN(C)CC3)c2O)C(C)C)oc1C. The molecule has 0 aromatic carbocycles. The van der Waals surface area contributed by atoms with Crippen LogP contribution in [0, 0.1) is 19.8 Å². The first-order valence-electron chi connectivity index (χ1n) is 11.2. The van der Waals surface area contributed by atoms with Crippen molar-refractivity contribution in [3.63, 3.8) is 0 Å². The van der Waals surface area contributed by atoms with Crippen molar-refractivity contribution in [1.29, 1.82) is 0 Å². The highest BCUT2D eigenvalue weighted by atomic mass is 32.2. The van der Waals surface area contributed by atoms with Crippen molar-refractivity contribution in [3.8, 4) is 5.75 Å². The van der Waals surface area contributed by atoms with E-state index in [1.165, 1.54) is 9.69 Å². The van der Waals surface area contributed by atoms with Gasteiger partial charge in [0.1, 0.15) is 17.6 Å². The maximum Gasteiger partial charge on any atom is 0.256 e. The Labute approximate surface area is 211 Å². The molecule has 0 saturated carbocycles. The van der Waals surface area contributed by atoms with Gasteiger partial charge in [-0.25, -0.2) is 13.4 Å². The number of aromatic amines is 1. The van der Waals surface area contributed by atoms with Crippen molar-refractivity contribution in [1.82, 2.24) is 18.0 Å². The van der Waals surface area contributed by atoms with Gasteiger partial charge in [-0.1, -0.05) is 13.8 Å². The van der Waals surface area contributed by atoms with E-state index in [0.717, 1.165) is 22.7 Å². The topological polar surface area (TPSA) is 150 Å². The molecule has 1 aliphatic rings. The zero-order chi connectivity index (χ0) is 25.5. The number of nitrogens with zero attached hydrogens (tertiary/aromatic N) is 4. The second-order valence-corrected chi connectivity index (χ2v) is 12.9. The number of hydrogen-bond acceptors (Lipinski definition) is 10. The first-order valence-corrected chi connectivity index (χ1v) is 14.6. The third-order valence-corrected chi connectivity index (χ3v) is 10.1. The summed E-state index contributed by atoms with van der Waals surface area (Å²) in [6, 6.07) is 1.57. The normalized spacial score (nSPS) is 17.9. The fraction of sp³-hybridized carbons (Fsp3) is 0.524. The summed E-state index contributed by atoms with van der Waals surface area (Å²) in [5.41, 5.74) is 1.40. The molecule has 0 radical (unpaired) electrons. The molecule has 0 bridgehead atoms. The molecule has 0 aliphatic carbocycles. The third-order valence-electron chi connectivity index (χ3n) is 5.98. The van der Waals surface area contributed by atoms with Crippen LogP contribution in [0.4, 0.5) is 11.5 Å². The van der Waals surface area contributed by atoms with Crippen LogP contribution in [0.2, 0.25) is 0 Å². The zero-order valence-electron chi connectivity index (χ0n) is 20.2. The van der Waals surface area contributed by atoms with Gasteiger partial charge in [-0.2, -0.15) is 4.31 Å². The number of sulfonamides is 1. The standard InChI is InChI=1S/C21H30N6O5S3/c1-12(2)17(16-10-13(3)14(4)32-16)23-20-19(24-34(29)25-20)22-15-11-33-21(18(15)28)35(30,31)27-8-6-26(5)7-9-27/h10-12,17,28H,6-9H2,1-5H3,(H,22,24)(H,23,25)/t17-,34?/m1/s1. The van der Waals surface area contributed by atoms with E-state index in [2.05, 4.69) is 19.0 Å². The van der Waals surface area contributed by atoms with Crippen molar-refractivity contribution < 1.29 is 22.5 Å². The van der Waals surface area contributed by atoms with Gasteiger partial charge in [-0.3, -0.25) is 0 Å². The van der Waals surface area contributed by atoms with Crippen molar-refractivity contribution in [3.05, 3.63) is 34.0 Å². The average Bonchev–Trinajstić information content (AvgIpc) is 3.44. The van der Waals surface area contributed by atoms with Crippen molar-refractivity contribution in [2.45, 2.75) is 37.9 Å². The van der Waals surface area contributed by atoms with Crippen molar-refractivity contribution in [2.75, 3.05) is 38.5 Å². The van der Waals surface area contributed by atoms with Gasteiger partial charge in [0.2, 0.25) is 11.3 Å². The molecule has 1 saturated heterocycles. The largest absolute Gasteiger partial charge is 0.548 e. The van der Waals surface area contributed by atoms with E-state index in [1.807, 2.05) is 40.8 Å². The molecule has 192 valence electrons. The lowest BCUT2D eigenvalue weighted by Crippen LogP contribution is -2.46. The Morgan fingerprint density at radius 3 is 2.60 bits per heavy atom. The number of likely N-dealkylation sites (N-methyl/N-ethyl adjacent to an activating group) is 1. The third kappa shape index (κ3) is 5.32. The number of anilines is 2. The number of H-pyrrole nitrogens is 1. The molecule has 0 spiro atoms. The Kier molecular flexibility index (Phi) is 7.41. The lowest BCUT2D eigenvalue weighted by Gasteiger charge is -2.31. The highest BCUT2D eigenvalue weighted by molar-refractivity contribution is 7.91. The second kappa shape index (κ2) is 10.0. The number of thiophene rings is 1. The summed E-state index contributed by atoms with van der Waals surface area (Å²) in [6.07, 6.45) is 0. The van der Waals surface area contributed by atoms with Gasteiger partial charge in [-0.05, 0) is 38.4 Å². The number of piperazine rings is 1. The number of aromatic nitrogens is 2. The van der Waals surface area contributed by atoms with Crippen LogP contribution in [-0.4, -0.2) is 69.3 Å². The van der Waals surface area contributed by atoms with Crippen LogP contribution >= 0.6 is 22.5 Å². The predicted molar refractivity (Wildman–Crippen MR) is 134 cm³/mol. The maximum atomic E-state index is 13.1. The van der Waals surface area contributed by atoms with Gasteiger partial charge >= 0.3 is 0 Å². The number of nitrogens with one attached hydrogen (secondary N) is 2. The van der Waals surface area contributed by atoms with Crippen LogP contribution in [0.5, 0.6) is 5.75 Å². The lowest BCUT2D eigenvalue weighted by molar-refractivity contribution is 0.222. The summed E-state index contributed by atoms with van der Waals surface area (Å²) in [7, 11) is -1.91. The number of aromatic hydroxyl groups is 1. The molecule has 35 heavy (non-hydrogen) atoms. The molecular formula is C21H30N6O5S3. The predicted octanol–water partition coefficient (Wildman–Crippen LogP) is 3.09. The van der Waals surface area contributed by atoms with Crippen molar-refractivity contribution >= 4 is 44.0 Å². The van der Waals surface area contributed by atoms with Crippen LogP contribution < -0.4 is 10.8 Å². The molecule has 4 rings (SSSR count). The minimum Gasteiger partial charge on any atom is -0.548 e. The molecule has 14 heteroatoms. The van der Waals surface area contributed by atoms with Crippen LogP contribution in [-0.2, 0) is 10.0 Å². The summed E-state index contributed by atoms with van der Waals surface area (Å²) in [6.45, 7) is 9.79. The molecule has 3 aromatic heterocycles. The van der Waals surface area contributed by atoms with Gasteiger partial charge in [0.05, 0.1) is 5.69 Å². The summed E-state index contributed by atoms with van der Waals surface area (Å²) in [5.74, 6) is 1.30. The summed E-state index contributed by atoms with van der Waals surface area (Å²) >= 11 is -0.840. The summed E-state index contributed by atoms with van der Waals surface area (Å²) < 4.78 is 52.2. The Balaban J connectivity index is 1.65. The lowest BCUT2D eigenvalue weighted by atomic mass is 10.0. The van der Waals surface area contributed by atoms with Crippen LogP contribution in [0.25, 0.3) is 0 Å². The molecule has 3 N–H and O–H groups in total. The highest BCUT2D eigenvalue weighted by Gasteiger charge is 2.32. The van der Waals surface area contributed by atoms with Gasteiger partial charge < -0.3 is 24.3 Å². The minimum absolute atomic E-state index is 0.0689. The fourth-order valence-corrected chi connectivity index (χ4v) is 7.21. The van der Waals surface area contributed by atoms with Crippen LogP contribution in [0.1, 0.15) is 37.0 Å². The monoisotopic (exact) mass is 542 g/mol. The quantitative estimate of drug-likeness (QED) is 0.386. The zero-order valence-corrected chi connectivity index (χ0v) is 22.7. The summed E-state index contributed by atoms with van der Waals surface area (Å²) in [4.78, 5) is 6.76. The van der Waals surface area contributed by atoms with Crippen LogP contribution in [0.15, 0.2) is 25.1 Å². The van der Waals surface area contributed by atoms with E-state index < -0.39 is 26.9 Å². The van der Waals surface area contributed by atoms with E-state index in [-0.39, 0.29) is 33.2 Å². The molecule has 0 amide bonds. The van der Waals surface area contributed by atoms with E-state index in [1.54, 1.807) is 0 Å². The average molecular weight is 543 g/mol. The number of aryl methyl sites for hydroxylation is 2. The van der Waals surface area contributed by atoms with Gasteiger partial charge in [-0.15, -0.1) is 15.7 Å². The second-order valence-electron chi connectivity index (χ2n) is 8.96. The number of hydrogen-bond donors (Lipinski definition) is 3. The molecule has 1 unspecified atom stereocenters. The van der Waals surface area contributed by atoms with Gasteiger partial charge in [0, 0.05) is 35.9 Å². The van der Waals surface area contributed by atoms with E-state index in [9.17, 15) is 18.1 Å². The molecule has 3 aromatic rings. The molecular weight excluding hydrogens is 512 g/mol.